The second kappa shape index (κ2) is 5.98. The van der Waals surface area contributed by atoms with Crippen LogP contribution in [0.4, 0.5) is 5.69 Å². The number of allylic oxidation sites excluding steroid dienone is 2. The first-order valence-corrected chi connectivity index (χ1v) is 8.93. The Balaban J connectivity index is 1.98. The largest absolute Gasteiger partial charge is 0.497 e. The van der Waals surface area contributed by atoms with Gasteiger partial charge in [-0.25, -0.2) is 0 Å². The molecule has 1 aromatic heterocycles. The van der Waals surface area contributed by atoms with Gasteiger partial charge in [0.25, 0.3) is 0 Å². The number of hydrogen-bond donors (Lipinski definition) is 1. The summed E-state index contributed by atoms with van der Waals surface area (Å²) in [4.78, 5) is 13.9. The smallest absolute Gasteiger partial charge is 0.161 e. The number of rotatable bonds is 3. The molecule has 0 fully saturated rings. The Kier molecular flexibility index (Phi) is 3.81. The van der Waals surface area contributed by atoms with E-state index in [0.29, 0.717) is 6.42 Å². The van der Waals surface area contributed by atoms with Gasteiger partial charge < -0.3 is 14.8 Å². The van der Waals surface area contributed by atoms with Gasteiger partial charge in [-0.3, -0.25) is 4.79 Å². The van der Waals surface area contributed by atoms with Gasteiger partial charge in [-0.1, -0.05) is 6.07 Å². The molecule has 0 radical (unpaired) electrons. The zero-order valence-electron chi connectivity index (χ0n) is 13.7. The van der Waals surface area contributed by atoms with E-state index in [4.69, 9.17) is 9.47 Å². The van der Waals surface area contributed by atoms with Crippen molar-refractivity contribution in [1.82, 2.24) is 0 Å². The molecular weight excluding hydrogens is 322 g/mol. The van der Waals surface area contributed by atoms with Crippen LogP contribution >= 0.6 is 11.3 Å². The number of methoxy groups -OCH3 is 2. The fourth-order valence-electron chi connectivity index (χ4n) is 3.66. The molecule has 1 atom stereocenters. The van der Waals surface area contributed by atoms with Crippen molar-refractivity contribution < 1.29 is 14.3 Å². The molecule has 0 bridgehead atoms. The average molecular weight is 341 g/mol. The number of benzene rings is 1. The highest BCUT2D eigenvalue weighted by molar-refractivity contribution is 7.10. The number of Topliss-reactive ketones (excluding diaryl/α,β-unsaturated/α-hetero) is 1. The maximum absolute atomic E-state index is 12.7. The molecule has 1 aromatic carbocycles. The van der Waals surface area contributed by atoms with Gasteiger partial charge in [-0.05, 0) is 24.3 Å². The van der Waals surface area contributed by atoms with Crippen LogP contribution in [0.2, 0.25) is 0 Å². The summed E-state index contributed by atoms with van der Waals surface area (Å²) in [7, 11) is 3.31. The van der Waals surface area contributed by atoms with Crippen molar-refractivity contribution in [3.8, 4) is 11.5 Å². The van der Waals surface area contributed by atoms with E-state index in [1.54, 1.807) is 25.6 Å². The molecule has 2 aliphatic rings. The molecule has 0 saturated carbocycles. The third-order valence-corrected chi connectivity index (χ3v) is 5.66. The number of thiophene rings is 1. The number of ketones is 1. The predicted octanol–water partition coefficient (Wildman–Crippen LogP) is 4.33. The highest BCUT2D eigenvalue weighted by Crippen LogP contribution is 2.50. The topological polar surface area (TPSA) is 47.6 Å². The summed E-state index contributed by atoms with van der Waals surface area (Å²) in [5.74, 6) is 1.67. The van der Waals surface area contributed by atoms with Crippen LogP contribution in [0.25, 0.3) is 0 Å². The molecule has 1 aliphatic carbocycles. The molecule has 2 aromatic rings. The number of fused-ring (bicyclic) bond motifs is 1. The van der Waals surface area contributed by atoms with E-state index in [2.05, 4.69) is 16.8 Å². The van der Waals surface area contributed by atoms with Crippen molar-refractivity contribution in [1.29, 1.82) is 0 Å². The van der Waals surface area contributed by atoms with Crippen molar-refractivity contribution in [2.24, 2.45) is 0 Å². The normalized spacial score (nSPS) is 19.4. The average Bonchev–Trinajstić information content (AvgIpc) is 3.13. The Hall–Kier alpha value is -2.27. The molecule has 0 spiro atoms. The van der Waals surface area contributed by atoms with Gasteiger partial charge in [-0.2, -0.15) is 0 Å². The Morgan fingerprint density at radius 1 is 1.21 bits per heavy atom. The summed E-state index contributed by atoms with van der Waals surface area (Å²) < 4.78 is 11.1. The molecule has 1 N–H and O–H groups in total. The molecular formula is C19H19NO3S. The minimum absolute atomic E-state index is 0.0649. The molecule has 0 saturated heterocycles. The van der Waals surface area contributed by atoms with E-state index in [-0.39, 0.29) is 11.7 Å². The van der Waals surface area contributed by atoms with Gasteiger partial charge >= 0.3 is 0 Å². The molecule has 4 nitrogen and oxygen atoms in total. The molecule has 1 unspecified atom stereocenters. The second-order valence-electron chi connectivity index (χ2n) is 6.03. The summed E-state index contributed by atoms with van der Waals surface area (Å²) in [6.07, 6.45) is 2.43. The monoisotopic (exact) mass is 341 g/mol. The molecule has 5 heteroatoms. The highest BCUT2D eigenvalue weighted by Gasteiger charge is 2.37. The van der Waals surface area contributed by atoms with Crippen LogP contribution in [-0.4, -0.2) is 20.0 Å². The summed E-state index contributed by atoms with van der Waals surface area (Å²) in [5, 5.41) is 5.53. The van der Waals surface area contributed by atoms with E-state index in [0.717, 1.165) is 46.9 Å². The van der Waals surface area contributed by atoms with E-state index in [1.165, 1.54) is 4.88 Å². The number of carbonyl (C=O) groups is 1. The fraction of sp³-hybridized carbons (Fsp3) is 0.316. The third-order valence-electron chi connectivity index (χ3n) is 4.72. The molecule has 124 valence electrons. The van der Waals surface area contributed by atoms with Gasteiger partial charge in [0.1, 0.15) is 11.5 Å². The first-order valence-electron chi connectivity index (χ1n) is 8.05. The maximum Gasteiger partial charge on any atom is 0.161 e. The van der Waals surface area contributed by atoms with Crippen LogP contribution in [0.5, 0.6) is 11.5 Å². The molecule has 24 heavy (non-hydrogen) atoms. The minimum atomic E-state index is -0.0649. The van der Waals surface area contributed by atoms with E-state index >= 15 is 0 Å². The zero-order valence-corrected chi connectivity index (χ0v) is 14.5. The Bertz CT molecular complexity index is 823. The lowest BCUT2D eigenvalue weighted by molar-refractivity contribution is -0.116. The third kappa shape index (κ3) is 2.31. The molecule has 1 aliphatic heterocycles. The standard InChI is InChI=1S/C19H19NO3S/c1-22-11-9-13-18(15(10-11)23-2)19(16-7-4-8-24-16)17-12(20-13)5-3-6-14(17)21/h4,7-10,19-20H,3,5-6H2,1-2H3. The van der Waals surface area contributed by atoms with Crippen molar-refractivity contribution in [2.75, 3.05) is 19.5 Å². The van der Waals surface area contributed by atoms with Crippen LogP contribution in [0, 0.1) is 0 Å². The van der Waals surface area contributed by atoms with Crippen molar-refractivity contribution in [2.45, 2.75) is 25.2 Å². The first kappa shape index (κ1) is 15.3. The summed E-state index contributed by atoms with van der Waals surface area (Å²) in [6.45, 7) is 0. The zero-order chi connectivity index (χ0) is 16.7. The SMILES string of the molecule is COc1cc2c(c(OC)c1)C(c1cccs1)C1=C(CCCC1=O)N2. The number of hydrogen-bond acceptors (Lipinski definition) is 5. The Labute approximate surface area is 145 Å². The van der Waals surface area contributed by atoms with Gasteiger partial charge in [0.15, 0.2) is 5.78 Å². The number of nitrogens with one attached hydrogen (secondary N) is 1. The van der Waals surface area contributed by atoms with Gasteiger partial charge in [-0.15, -0.1) is 11.3 Å². The van der Waals surface area contributed by atoms with E-state index in [9.17, 15) is 4.79 Å². The quantitative estimate of drug-likeness (QED) is 0.903. The minimum Gasteiger partial charge on any atom is -0.497 e. The highest BCUT2D eigenvalue weighted by atomic mass is 32.1. The predicted molar refractivity (Wildman–Crippen MR) is 95.2 cm³/mol. The van der Waals surface area contributed by atoms with Crippen LogP contribution in [0.3, 0.4) is 0 Å². The Morgan fingerprint density at radius 2 is 2.08 bits per heavy atom. The number of anilines is 1. The van der Waals surface area contributed by atoms with Crippen LogP contribution in [0.1, 0.15) is 35.6 Å². The number of carbonyl (C=O) groups excluding carboxylic acids is 1. The van der Waals surface area contributed by atoms with Gasteiger partial charge in [0, 0.05) is 46.0 Å². The first-order chi connectivity index (χ1) is 11.7. The lowest BCUT2D eigenvalue weighted by Crippen LogP contribution is -2.26. The fourth-order valence-corrected chi connectivity index (χ4v) is 4.51. The number of ether oxygens (including phenoxy) is 2. The van der Waals surface area contributed by atoms with Crippen LogP contribution in [-0.2, 0) is 4.79 Å². The van der Waals surface area contributed by atoms with Gasteiger partial charge in [0.2, 0.25) is 0 Å². The molecule has 2 heterocycles. The van der Waals surface area contributed by atoms with Crippen LogP contribution < -0.4 is 14.8 Å². The van der Waals surface area contributed by atoms with E-state index < -0.39 is 0 Å². The molecule has 4 rings (SSSR count). The lowest BCUT2D eigenvalue weighted by atomic mass is 9.77. The van der Waals surface area contributed by atoms with Crippen molar-refractivity contribution in [3.05, 3.63) is 51.4 Å². The summed E-state index contributed by atoms with van der Waals surface area (Å²) >= 11 is 1.68. The molecule has 0 amide bonds. The van der Waals surface area contributed by atoms with Crippen molar-refractivity contribution >= 4 is 22.8 Å². The second-order valence-corrected chi connectivity index (χ2v) is 7.01. The lowest BCUT2D eigenvalue weighted by Gasteiger charge is -2.34. The Morgan fingerprint density at radius 3 is 2.79 bits per heavy atom. The van der Waals surface area contributed by atoms with Gasteiger partial charge in [0.05, 0.1) is 20.1 Å². The van der Waals surface area contributed by atoms with Crippen molar-refractivity contribution in [3.63, 3.8) is 0 Å². The summed E-state index contributed by atoms with van der Waals surface area (Å²) in [5.41, 5.74) is 3.94. The summed E-state index contributed by atoms with van der Waals surface area (Å²) in [6, 6.07) is 8.01. The van der Waals surface area contributed by atoms with Crippen LogP contribution in [0.15, 0.2) is 40.9 Å². The van der Waals surface area contributed by atoms with E-state index in [1.807, 2.05) is 18.2 Å². The maximum atomic E-state index is 12.7.